The molecule has 148 valence electrons. The molecule has 27 heavy (non-hydrogen) atoms. The Bertz CT molecular complexity index is 734. The molecule has 0 spiro atoms. The Labute approximate surface area is 166 Å². The van der Waals surface area contributed by atoms with E-state index in [1.807, 2.05) is 25.4 Å². The molecule has 3 heterocycles. The second-order valence-corrected chi connectivity index (χ2v) is 7.52. The highest BCUT2D eigenvalue weighted by Gasteiger charge is 2.25. The molecule has 0 aromatic carbocycles. The first-order valence-corrected chi connectivity index (χ1v) is 10.0. The van der Waals surface area contributed by atoms with E-state index < -0.39 is 0 Å². The molecular weight excluding hydrogens is 362 g/mol. The fourth-order valence-electron chi connectivity index (χ4n) is 3.60. The van der Waals surface area contributed by atoms with Gasteiger partial charge in [0.15, 0.2) is 5.96 Å². The molecule has 0 saturated carbocycles. The number of hydrogen-bond donors (Lipinski definition) is 1. The third-order valence-corrected chi connectivity index (χ3v) is 5.24. The molecule has 0 amide bonds. The highest BCUT2D eigenvalue weighted by atomic mass is 35.5. The molecule has 2 aromatic heterocycles. The van der Waals surface area contributed by atoms with E-state index in [1.54, 1.807) is 6.26 Å². The van der Waals surface area contributed by atoms with E-state index in [0.717, 1.165) is 48.6 Å². The van der Waals surface area contributed by atoms with Crippen LogP contribution in [0.1, 0.15) is 37.3 Å². The van der Waals surface area contributed by atoms with Crippen LogP contribution in [0.5, 0.6) is 0 Å². The molecule has 0 bridgehead atoms. The Balaban J connectivity index is 1.73. The van der Waals surface area contributed by atoms with E-state index >= 15 is 0 Å². The van der Waals surface area contributed by atoms with Crippen LogP contribution in [-0.4, -0.2) is 53.6 Å². The summed E-state index contributed by atoms with van der Waals surface area (Å²) >= 11 is 6.12. The smallest absolute Gasteiger partial charge is 0.194 e. The molecule has 1 fully saturated rings. The number of hydrogen-bond acceptors (Lipinski definition) is 3. The summed E-state index contributed by atoms with van der Waals surface area (Å²) in [6.45, 7) is 6.54. The van der Waals surface area contributed by atoms with Crippen LogP contribution in [0.15, 0.2) is 40.1 Å². The minimum absolute atomic E-state index is 0.189. The average molecular weight is 392 g/mol. The number of guanidine groups is 1. The first-order valence-electron chi connectivity index (χ1n) is 9.66. The van der Waals surface area contributed by atoms with Gasteiger partial charge in [0.05, 0.1) is 30.4 Å². The van der Waals surface area contributed by atoms with Crippen molar-refractivity contribution in [3.63, 3.8) is 0 Å². The lowest BCUT2D eigenvalue weighted by Gasteiger charge is -2.26. The van der Waals surface area contributed by atoms with Gasteiger partial charge in [-0.2, -0.15) is 0 Å². The van der Waals surface area contributed by atoms with E-state index in [4.69, 9.17) is 21.0 Å². The number of aliphatic imine (C=N–C) groups is 1. The van der Waals surface area contributed by atoms with Crippen molar-refractivity contribution >= 4 is 17.6 Å². The topological polar surface area (TPSA) is 48.9 Å². The zero-order chi connectivity index (χ0) is 19.2. The molecule has 1 N–H and O–H groups in total. The lowest BCUT2D eigenvalue weighted by atomic mass is 10.2. The van der Waals surface area contributed by atoms with E-state index in [0.29, 0.717) is 6.54 Å². The number of nitrogens with zero attached hydrogens (tertiary/aromatic N) is 4. The highest BCUT2D eigenvalue weighted by Crippen LogP contribution is 2.26. The van der Waals surface area contributed by atoms with Crippen LogP contribution in [-0.2, 0) is 13.6 Å². The van der Waals surface area contributed by atoms with Crippen LogP contribution < -0.4 is 5.32 Å². The van der Waals surface area contributed by atoms with Crippen molar-refractivity contribution in [2.75, 3.05) is 33.2 Å². The summed E-state index contributed by atoms with van der Waals surface area (Å²) in [5.41, 5.74) is 1.15. The molecular formula is C20H30ClN5O. The van der Waals surface area contributed by atoms with Crippen LogP contribution in [0.4, 0.5) is 0 Å². The van der Waals surface area contributed by atoms with Gasteiger partial charge in [0.25, 0.3) is 0 Å². The molecule has 1 aliphatic heterocycles. The Kier molecular flexibility index (Phi) is 6.85. The normalized spacial score (nSPS) is 16.7. The number of aromatic nitrogens is 1. The van der Waals surface area contributed by atoms with Gasteiger partial charge in [0.2, 0.25) is 0 Å². The van der Waals surface area contributed by atoms with Crippen molar-refractivity contribution in [1.29, 1.82) is 0 Å². The number of likely N-dealkylation sites (tertiary alicyclic amines) is 1. The van der Waals surface area contributed by atoms with E-state index in [9.17, 15) is 0 Å². The van der Waals surface area contributed by atoms with Crippen LogP contribution in [0.3, 0.4) is 0 Å². The number of halogens is 1. The molecule has 2 aromatic rings. The van der Waals surface area contributed by atoms with Crippen molar-refractivity contribution in [1.82, 2.24) is 19.7 Å². The van der Waals surface area contributed by atoms with Gasteiger partial charge in [-0.05, 0) is 51.1 Å². The summed E-state index contributed by atoms with van der Waals surface area (Å²) < 4.78 is 7.77. The lowest BCUT2D eigenvalue weighted by molar-refractivity contribution is 0.220. The molecule has 0 radical (unpaired) electrons. The van der Waals surface area contributed by atoms with Gasteiger partial charge in [-0.15, -0.1) is 0 Å². The quantitative estimate of drug-likeness (QED) is 0.579. The maximum atomic E-state index is 6.12. The number of nitrogens with one attached hydrogen (secondary N) is 1. The first-order chi connectivity index (χ1) is 13.1. The zero-order valence-electron chi connectivity index (χ0n) is 16.5. The molecule has 0 aliphatic carbocycles. The monoisotopic (exact) mass is 391 g/mol. The van der Waals surface area contributed by atoms with Crippen molar-refractivity contribution in [2.45, 2.75) is 32.4 Å². The summed E-state index contributed by atoms with van der Waals surface area (Å²) in [7, 11) is 4.07. The number of aryl methyl sites for hydroxylation is 1. The number of furan rings is 1. The second kappa shape index (κ2) is 9.33. The highest BCUT2D eigenvalue weighted by molar-refractivity contribution is 6.30. The van der Waals surface area contributed by atoms with Crippen LogP contribution in [0.2, 0.25) is 5.02 Å². The van der Waals surface area contributed by atoms with Crippen molar-refractivity contribution in [3.8, 4) is 0 Å². The van der Waals surface area contributed by atoms with Gasteiger partial charge in [0.1, 0.15) is 5.76 Å². The Hall–Kier alpha value is -1.92. The molecule has 3 rings (SSSR count). The van der Waals surface area contributed by atoms with Gasteiger partial charge in [-0.3, -0.25) is 9.89 Å². The van der Waals surface area contributed by atoms with Gasteiger partial charge < -0.3 is 19.2 Å². The van der Waals surface area contributed by atoms with Gasteiger partial charge in [-0.1, -0.05) is 11.6 Å². The van der Waals surface area contributed by atoms with Crippen LogP contribution in [0.25, 0.3) is 0 Å². The lowest BCUT2D eigenvalue weighted by Crippen LogP contribution is -2.39. The zero-order valence-corrected chi connectivity index (χ0v) is 17.2. The molecule has 7 heteroatoms. The first kappa shape index (κ1) is 19.8. The standard InChI is InChI=1S/C20H30ClN5O/c1-4-22-20(25(3)15-17-12-16(21)14-24(17)2)23-13-18(19-8-7-11-27-19)26-9-5-6-10-26/h7-8,11-12,14,18H,4-6,9-10,13,15H2,1-3H3,(H,22,23). The minimum Gasteiger partial charge on any atom is -0.468 e. The SMILES string of the molecule is CCNC(=NCC(c1ccco1)N1CCCC1)N(C)Cc1cc(Cl)cn1C. The van der Waals surface area contributed by atoms with Gasteiger partial charge in [-0.25, -0.2) is 0 Å². The van der Waals surface area contributed by atoms with E-state index in [1.165, 1.54) is 12.8 Å². The fourth-order valence-corrected chi connectivity index (χ4v) is 3.88. The van der Waals surface area contributed by atoms with Crippen molar-refractivity contribution < 1.29 is 4.42 Å². The summed E-state index contributed by atoms with van der Waals surface area (Å²) in [4.78, 5) is 9.55. The van der Waals surface area contributed by atoms with Crippen LogP contribution >= 0.6 is 11.6 Å². The summed E-state index contributed by atoms with van der Waals surface area (Å²) in [6.07, 6.45) is 6.16. The summed E-state index contributed by atoms with van der Waals surface area (Å²) in [6, 6.07) is 6.20. The van der Waals surface area contributed by atoms with Gasteiger partial charge >= 0.3 is 0 Å². The maximum Gasteiger partial charge on any atom is 0.194 e. The fraction of sp³-hybridized carbons (Fsp3) is 0.550. The van der Waals surface area contributed by atoms with Crippen LogP contribution in [0, 0.1) is 0 Å². The van der Waals surface area contributed by atoms with E-state index in [-0.39, 0.29) is 6.04 Å². The largest absolute Gasteiger partial charge is 0.468 e. The third kappa shape index (κ3) is 5.08. The third-order valence-electron chi connectivity index (χ3n) is 5.04. The van der Waals surface area contributed by atoms with Gasteiger partial charge in [0, 0.05) is 32.5 Å². The summed E-state index contributed by atoms with van der Waals surface area (Å²) in [5, 5.41) is 4.16. The predicted molar refractivity (Wildman–Crippen MR) is 110 cm³/mol. The maximum absolute atomic E-state index is 6.12. The minimum atomic E-state index is 0.189. The average Bonchev–Trinajstić information content (AvgIpc) is 3.38. The van der Waals surface area contributed by atoms with Crippen molar-refractivity contribution in [2.24, 2.45) is 12.0 Å². The second-order valence-electron chi connectivity index (χ2n) is 7.09. The van der Waals surface area contributed by atoms with Crippen molar-refractivity contribution in [3.05, 3.63) is 47.1 Å². The number of rotatable bonds is 7. The van der Waals surface area contributed by atoms with E-state index in [2.05, 4.69) is 39.7 Å². The molecule has 1 atom stereocenters. The Morgan fingerprint density at radius 1 is 1.41 bits per heavy atom. The molecule has 6 nitrogen and oxygen atoms in total. The summed E-state index contributed by atoms with van der Waals surface area (Å²) in [5.74, 6) is 1.89. The molecule has 1 unspecified atom stereocenters. The Morgan fingerprint density at radius 2 is 2.19 bits per heavy atom. The predicted octanol–water partition coefficient (Wildman–Crippen LogP) is 3.51. The molecule has 1 saturated heterocycles. The Morgan fingerprint density at radius 3 is 2.78 bits per heavy atom. The molecule has 1 aliphatic rings.